The van der Waals surface area contributed by atoms with Gasteiger partial charge in [-0.05, 0) is 96.0 Å². The van der Waals surface area contributed by atoms with E-state index in [2.05, 4.69) is 4.98 Å². The minimum Gasteiger partial charge on any atom is -0.471 e. The van der Waals surface area contributed by atoms with Crippen LogP contribution in [0.15, 0.2) is 41.4 Å². The van der Waals surface area contributed by atoms with Crippen LogP contribution in [0, 0.1) is 0 Å². The quantitative estimate of drug-likeness (QED) is 0.420. The topological polar surface area (TPSA) is 112 Å². The first-order chi connectivity index (χ1) is 18.1. The van der Waals surface area contributed by atoms with Crippen LogP contribution in [0.2, 0.25) is 0 Å². The van der Waals surface area contributed by atoms with Gasteiger partial charge in [0.25, 0.3) is 10.0 Å². The molecule has 0 unspecified atom stereocenters. The fourth-order valence-electron chi connectivity index (χ4n) is 4.39. The lowest BCUT2D eigenvalue weighted by Crippen LogP contribution is -2.44. The van der Waals surface area contributed by atoms with E-state index in [1.165, 1.54) is 10.5 Å². The number of carbonyl (C=O) groups excluding carboxylic acids is 2. The van der Waals surface area contributed by atoms with Crippen molar-refractivity contribution in [2.24, 2.45) is 0 Å². The molecule has 0 bridgehead atoms. The number of pyridine rings is 1. The number of rotatable bonds is 8. The van der Waals surface area contributed by atoms with Gasteiger partial charge in [0.15, 0.2) is 0 Å². The second-order valence-corrected chi connectivity index (χ2v) is 14.0. The Kier molecular flexibility index (Phi) is 7.98. The molecule has 1 atom stereocenters. The van der Waals surface area contributed by atoms with Gasteiger partial charge in [-0.25, -0.2) is 13.4 Å². The van der Waals surface area contributed by atoms with Crippen molar-refractivity contribution in [3.05, 3.63) is 47.7 Å². The highest BCUT2D eigenvalue weighted by molar-refractivity contribution is 7.92. The maximum absolute atomic E-state index is 14.0. The molecule has 1 aromatic heterocycles. The number of hydrogen-bond acceptors (Lipinski definition) is 8. The van der Waals surface area contributed by atoms with E-state index in [-0.39, 0.29) is 48.2 Å². The summed E-state index contributed by atoms with van der Waals surface area (Å²) in [5.74, 6) is -0.307. The number of nitrogens with zero attached hydrogens (tertiary/aromatic N) is 2. The Bertz CT molecular complexity index is 1340. The first kappa shape index (κ1) is 28.9. The second-order valence-electron chi connectivity index (χ2n) is 12.2. The van der Waals surface area contributed by atoms with Crippen molar-refractivity contribution in [1.29, 1.82) is 0 Å². The Labute approximate surface area is 230 Å². The van der Waals surface area contributed by atoms with E-state index >= 15 is 0 Å². The zero-order valence-corrected chi connectivity index (χ0v) is 24.3. The molecule has 1 saturated carbocycles. The highest BCUT2D eigenvalue weighted by Crippen LogP contribution is 2.42. The summed E-state index contributed by atoms with van der Waals surface area (Å²) < 4.78 is 46.1. The first-order valence-electron chi connectivity index (χ1n) is 13.3. The molecule has 0 N–H and O–H groups in total. The fourth-order valence-corrected chi connectivity index (χ4v) is 5.94. The van der Waals surface area contributed by atoms with E-state index in [1.807, 2.05) is 6.07 Å². The van der Waals surface area contributed by atoms with Gasteiger partial charge in [0, 0.05) is 12.6 Å². The summed E-state index contributed by atoms with van der Waals surface area (Å²) in [5, 5.41) is 0. The summed E-state index contributed by atoms with van der Waals surface area (Å²) in [6, 6.07) is 8.64. The third-order valence-electron chi connectivity index (χ3n) is 6.16. The van der Waals surface area contributed by atoms with Gasteiger partial charge in [-0.15, -0.1) is 0 Å². The van der Waals surface area contributed by atoms with Crippen molar-refractivity contribution in [2.75, 3.05) is 10.8 Å². The van der Waals surface area contributed by atoms with Crippen LogP contribution in [0.4, 0.5) is 5.69 Å². The summed E-state index contributed by atoms with van der Waals surface area (Å²) in [7, 11) is -4.00. The van der Waals surface area contributed by atoms with Crippen LogP contribution in [0.1, 0.15) is 84.3 Å². The molecule has 9 nitrogen and oxygen atoms in total. The van der Waals surface area contributed by atoms with E-state index < -0.39 is 33.3 Å². The number of anilines is 1. The second kappa shape index (κ2) is 10.8. The lowest BCUT2D eigenvalue weighted by molar-refractivity contribution is -0.155. The number of ether oxygens (including phenoxy) is 3. The van der Waals surface area contributed by atoms with Crippen LogP contribution in [0.25, 0.3) is 0 Å². The summed E-state index contributed by atoms with van der Waals surface area (Å²) in [6.07, 6.45) is 3.23. The van der Waals surface area contributed by atoms with Crippen molar-refractivity contribution < 1.29 is 32.2 Å². The molecule has 0 amide bonds. The number of fused-ring (bicyclic) bond motifs is 1. The number of benzene rings is 1. The Morgan fingerprint density at radius 3 is 2.33 bits per heavy atom. The summed E-state index contributed by atoms with van der Waals surface area (Å²) in [5.41, 5.74) is 0.492. The minimum absolute atomic E-state index is 0.0106. The molecule has 4 rings (SSSR count). The van der Waals surface area contributed by atoms with Crippen molar-refractivity contribution in [1.82, 2.24) is 4.98 Å². The molecular weight excluding hydrogens is 520 g/mol. The van der Waals surface area contributed by atoms with Gasteiger partial charge in [0.2, 0.25) is 5.88 Å². The predicted octanol–water partition coefficient (Wildman–Crippen LogP) is 4.92. The molecule has 10 heteroatoms. The average Bonchev–Trinajstić information content (AvgIpc) is 3.66. The summed E-state index contributed by atoms with van der Waals surface area (Å²) in [6.45, 7) is 10.7. The minimum atomic E-state index is -4.00. The third kappa shape index (κ3) is 7.71. The molecule has 1 fully saturated rings. The highest BCUT2D eigenvalue weighted by Gasteiger charge is 2.37. The standard InChI is InChI=1S/C29H38N2O7S/c1-28(2,3)37-25(32)13-12-22-18-31(39(34,35)23-9-7-8-21(16-23)20-10-11-20)24-14-19(17-30-27(24)36-22)15-26(33)38-29(4,5)6/h7-9,14,16-17,20,22H,10-13,15,18H2,1-6H3/t22-/m0/s1. The number of carbonyl (C=O) groups is 2. The highest BCUT2D eigenvalue weighted by atomic mass is 32.2. The molecule has 2 heterocycles. The first-order valence-corrected chi connectivity index (χ1v) is 14.8. The summed E-state index contributed by atoms with van der Waals surface area (Å²) in [4.78, 5) is 29.3. The molecule has 1 aliphatic heterocycles. The van der Waals surface area contributed by atoms with Crippen molar-refractivity contribution in [3.8, 4) is 5.88 Å². The largest absolute Gasteiger partial charge is 0.471 e. The van der Waals surface area contributed by atoms with Crippen LogP contribution in [-0.4, -0.2) is 49.2 Å². The van der Waals surface area contributed by atoms with E-state index in [0.29, 0.717) is 11.5 Å². The van der Waals surface area contributed by atoms with Gasteiger partial charge >= 0.3 is 11.9 Å². The Balaban J connectivity index is 1.63. The molecule has 1 aliphatic carbocycles. The predicted molar refractivity (Wildman–Crippen MR) is 146 cm³/mol. The molecule has 2 aliphatic rings. The number of sulfonamides is 1. The lowest BCUT2D eigenvalue weighted by Gasteiger charge is -2.35. The van der Waals surface area contributed by atoms with Crippen molar-refractivity contribution in [3.63, 3.8) is 0 Å². The maximum atomic E-state index is 14.0. The molecule has 2 aromatic rings. The molecule has 0 radical (unpaired) electrons. The van der Waals surface area contributed by atoms with Crippen LogP contribution < -0.4 is 9.04 Å². The zero-order chi connectivity index (χ0) is 28.6. The molecule has 1 aromatic carbocycles. The lowest BCUT2D eigenvalue weighted by atomic mass is 10.1. The van der Waals surface area contributed by atoms with E-state index in [1.54, 1.807) is 65.8 Å². The molecule has 39 heavy (non-hydrogen) atoms. The Hall–Kier alpha value is -3.14. The van der Waals surface area contributed by atoms with E-state index in [4.69, 9.17) is 14.2 Å². The summed E-state index contributed by atoms with van der Waals surface area (Å²) >= 11 is 0. The van der Waals surface area contributed by atoms with Gasteiger partial charge in [-0.1, -0.05) is 12.1 Å². The van der Waals surface area contributed by atoms with Gasteiger partial charge < -0.3 is 14.2 Å². The molecular formula is C29H38N2O7S. The van der Waals surface area contributed by atoms with E-state index in [9.17, 15) is 18.0 Å². The van der Waals surface area contributed by atoms with Gasteiger partial charge in [0.05, 0.1) is 17.9 Å². The third-order valence-corrected chi connectivity index (χ3v) is 7.93. The molecule has 0 saturated heterocycles. The number of aromatic nitrogens is 1. The Morgan fingerprint density at radius 1 is 1.03 bits per heavy atom. The maximum Gasteiger partial charge on any atom is 0.310 e. The van der Waals surface area contributed by atoms with Crippen molar-refractivity contribution >= 4 is 27.6 Å². The van der Waals surface area contributed by atoms with E-state index in [0.717, 1.165) is 18.4 Å². The normalized spacial score (nSPS) is 17.7. The zero-order valence-electron chi connectivity index (χ0n) is 23.5. The molecule has 0 spiro atoms. The smallest absolute Gasteiger partial charge is 0.310 e. The van der Waals surface area contributed by atoms with Gasteiger partial charge in [-0.2, -0.15) is 0 Å². The van der Waals surface area contributed by atoms with Crippen LogP contribution in [0.3, 0.4) is 0 Å². The van der Waals surface area contributed by atoms with Crippen LogP contribution in [0.5, 0.6) is 5.88 Å². The van der Waals surface area contributed by atoms with Crippen LogP contribution in [-0.2, 0) is 35.5 Å². The number of esters is 2. The average molecular weight is 559 g/mol. The van der Waals surface area contributed by atoms with Gasteiger partial charge in [-0.3, -0.25) is 13.9 Å². The molecule has 212 valence electrons. The Morgan fingerprint density at radius 2 is 1.69 bits per heavy atom. The fraction of sp³-hybridized carbons (Fsp3) is 0.552. The number of hydrogen-bond donors (Lipinski definition) is 0. The van der Waals surface area contributed by atoms with Crippen molar-refractivity contribution in [2.45, 2.75) is 102 Å². The SMILES string of the molecule is CC(C)(C)OC(=O)CC[C@H]1CN(S(=O)(=O)c2cccc(C3CC3)c2)c2cc(CC(=O)OC(C)(C)C)cnc2O1. The van der Waals surface area contributed by atoms with Crippen LogP contribution >= 0.6 is 0 Å². The van der Waals surface area contributed by atoms with Gasteiger partial charge in [0.1, 0.15) is 23.0 Å². The monoisotopic (exact) mass is 558 g/mol.